The van der Waals surface area contributed by atoms with Gasteiger partial charge in [-0.15, -0.1) is 11.6 Å². The number of benzene rings is 1. The van der Waals surface area contributed by atoms with Gasteiger partial charge in [-0.05, 0) is 6.07 Å². The number of non-ortho nitro benzene ring substituents is 1. The molecule has 2 N–H and O–H groups in total. The zero-order valence-electron chi connectivity index (χ0n) is 8.85. The summed E-state index contributed by atoms with van der Waals surface area (Å²) < 4.78 is 28.4. The van der Waals surface area contributed by atoms with Crippen molar-refractivity contribution in [2.24, 2.45) is 10.7 Å². The van der Waals surface area contributed by atoms with Crippen molar-refractivity contribution >= 4 is 28.8 Å². The molecule has 0 fully saturated rings. The van der Waals surface area contributed by atoms with Gasteiger partial charge in [0.15, 0.2) is 5.75 Å². The first kappa shape index (κ1) is 14.1. The lowest BCUT2D eigenvalue weighted by Crippen LogP contribution is -2.12. The number of nitro groups is 1. The van der Waals surface area contributed by atoms with E-state index in [4.69, 9.17) is 17.3 Å². The predicted octanol–water partition coefficient (Wildman–Crippen LogP) is 2.42. The second kappa shape index (κ2) is 6.10. The molecule has 0 spiro atoms. The van der Waals surface area contributed by atoms with Crippen molar-refractivity contribution in [3.63, 3.8) is 0 Å². The van der Waals surface area contributed by atoms with Crippen molar-refractivity contribution in [3.8, 4) is 5.75 Å². The van der Waals surface area contributed by atoms with E-state index in [1.165, 1.54) is 0 Å². The Hall–Kier alpha value is -1.96. The number of hydrogen-bond donors (Lipinski definition) is 1. The first-order chi connectivity index (χ1) is 8.43. The highest BCUT2D eigenvalue weighted by Crippen LogP contribution is 2.32. The first-order valence-corrected chi connectivity index (χ1v) is 5.09. The number of nitrogens with zero attached hydrogens (tertiary/aromatic N) is 2. The summed E-state index contributed by atoms with van der Waals surface area (Å²) in [6.07, 6.45) is 0. The lowest BCUT2D eigenvalue weighted by molar-refractivity contribution is -0.384. The van der Waals surface area contributed by atoms with Gasteiger partial charge in [0.2, 0.25) is 0 Å². The van der Waals surface area contributed by atoms with E-state index >= 15 is 0 Å². The quantitative estimate of drug-likeness (QED) is 0.295. The van der Waals surface area contributed by atoms with Crippen molar-refractivity contribution in [2.75, 3.05) is 5.88 Å². The molecule has 0 aliphatic heterocycles. The SMILES string of the molecule is NC(CCl)=Nc1cc([N+](=O)[O-])ccc1OC(F)F. The minimum Gasteiger partial charge on any atom is -0.433 e. The Balaban J connectivity index is 3.21. The number of ether oxygens (including phenoxy) is 1. The summed E-state index contributed by atoms with van der Waals surface area (Å²) in [5, 5.41) is 10.6. The number of aliphatic imine (C=N–C) groups is 1. The topological polar surface area (TPSA) is 90.8 Å². The Morgan fingerprint density at radius 1 is 1.61 bits per heavy atom. The molecule has 0 aliphatic rings. The Bertz CT molecular complexity index is 482. The van der Waals surface area contributed by atoms with Crippen molar-refractivity contribution in [2.45, 2.75) is 6.61 Å². The van der Waals surface area contributed by atoms with Crippen LogP contribution in [0, 0.1) is 10.1 Å². The molecule has 0 bridgehead atoms. The van der Waals surface area contributed by atoms with Gasteiger partial charge in [-0.3, -0.25) is 10.1 Å². The monoisotopic (exact) mass is 279 g/mol. The number of rotatable bonds is 5. The first-order valence-electron chi connectivity index (χ1n) is 4.56. The fraction of sp³-hybridized carbons (Fsp3) is 0.222. The molecule has 18 heavy (non-hydrogen) atoms. The van der Waals surface area contributed by atoms with E-state index < -0.39 is 11.5 Å². The number of hydrogen-bond acceptors (Lipinski definition) is 4. The fourth-order valence-corrected chi connectivity index (χ4v) is 1.15. The Morgan fingerprint density at radius 3 is 2.78 bits per heavy atom. The van der Waals surface area contributed by atoms with Crippen LogP contribution in [0.25, 0.3) is 0 Å². The van der Waals surface area contributed by atoms with Crippen LogP contribution in [-0.2, 0) is 0 Å². The van der Waals surface area contributed by atoms with Crippen LogP contribution in [-0.4, -0.2) is 23.3 Å². The lowest BCUT2D eigenvalue weighted by atomic mass is 10.2. The van der Waals surface area contributed by atoms with Gasteiger partial charge in [0.1, 0.15) is 11.5 Å². The van der Waals surface area contributed by atoms with E-state index in [0.717, 1.165) is 18.2 Å². The molecule has 0 unspecified atom stereocenters. The summed E-state index contributed by atoms with van der Waals surface area (Å²) in [5.41, 5.74) is 4.84. The van der Waals surface area contributed by atoms with E-state index in [1.807, 2.05) is 0 Å². The molecule has 0 atom stereocenters. The molecular weight excluding hydrogens is 272 g/mol. The number of nitro benzene ring substituents is 1. The molecule has 0 aliphatic carbocycles. The molecule has 0 aromatic heterocycles. The van der Waals surface area contributed by atoms with E-state index in [0.29, 0.717) is 0 Å². The van der Waals surface area contributed by atoms with Crippen LogP contribution in [0.4, 0.5) is 20.2 Å². The molecule has 1 aromatic rings. The van der Waals surface area contributed by atoms with Gasteiger partial charge in [-0.1, -0.05) is 0 Å². The molecule has 0 amide bonds. The third-order valence-electron chi connectivity index (χ3n) is 1.77. The minimum absolute atomic E-state index is 0.0729. The standard InChI is InChI=1S/C9H8ClF2N3O3/c10-4-8(13)14-6-3-5(15(16)17)1-2-7(6)18-9(11)12/h1-3,9H,4H2,(H2,13,14). The molecule has 0 radical (unpaired) electrons. The summed E-state index contributed by atoms with van der Waals surface area (Å²) in [5.74, 6) is -0.531. The largest absolute Gasteiger partial charge is 0.433 e. The normalized spacial score (nSPS) is 11.7. The average molecular weight is 280 g/mol. The fourth-order valence-electron chi connectivity index (χ4n) is 1.09. The number of nitrogens with two attached hydrogens (primary N) is 1. The summed E-state index contributed by atoms with van der Waals surface area (Å²) in [6.45, 7) is -3.07. The van der Waals surface area contributed by atoms with Crippen LogP contribution >= 0.6 is 11.6 Å². The van der Waals surface area contributed by atoms with Crippen molar-refractivity contribution in [3.05, 3.63) is 28.3 Å². The lowest BCUT2D eigenvalue weighted by Gasteiger charge is -2.07. The maximum absolute atomic E-state index is 12.1. The Labute approximate surface area is 105 Å². The highest BCUT2D eigenvalue weighted by atomic mass is 35.5. The molecule has 0 saturated heterocycles. The molecule has 6 nitrogen and oxygen atoms in total. The van der Waals surface area contributed by atoms with Gasteiger partial charge >= 0.3 is 6.61 Å². The zero-order chi connectivity index (χ0) is 13.7. The van der Waals surface area contributed by atoms with Gasteiger partial charge < -0.3 is 10.5 Å². The van der Waals surface area contributed by atoms with E-state index in [9.17, 15) is 18.9 Å². The van der Waals surface area contributed by atoms with Crippen LogP contribution < -0.4 is 10.5 Å². The zero-order valence-corrected chi connectivity index (χ0v) is 9.60. The summed E-state index contributed by atoms with van der Waals surface area (Å²) in [6, 6.07) is 3.01. The summed E-state index contributed by atoms with van der Waals surface area (Å²) >= 11 is 5.38. The van der Waals surface area contributed by atoms with Crippen LogP contribution in [0.2, 0.25) is 0 Å². The number of halogens is 3. The van der Waals surface area contributed by atoms with Crippen molar-refractivity contribution in [1.82, 2.24) is 0 Å². The van der Waals surface area contributed by atoms with E-state index in [1.54, 1.807) is 0 Å². The van der Waals surface area contributed by atoms with Crippen molar-refractivity contribution in [1.29, 1.82) is 0 Å². The molecular formula is C9H8ClF2N3O3. The smallest absolute Gasteiger partial charge is 0.387 e. The highest BCUT2D eigenvalue weighted by Gasteiger charge is 2.14. The van der Waals surface area contributed by atoms with Crippen LogP contribution in [0.15, 0.2) is 23.2 Å². The molecule has 98 valence electrons. The van der Waals surface area contributed by atoms with Crippen molar-refractivity contribution < 1.29 is 18.4 Å². The molecule has 0 saturated carbocycles. The van der Waals surface area contributed by atoms with Gasteiger partial charge in [-0.25, -0.2) is 4.99 Å². The second-order valence-corrected chi connectivity index (χ2v) is 3.29. The Kier molecular flexibility index (Phi) is 4.78. The minimum atomic E-state index is -3.07. The molecule has 1 rings (SSSR count). The maximum Gasteiger partial charge on any atom is 0.387 e. The molecule has 9 heteroatoms. The van der Waals surface area contributed by atoms with Crippen LogP contribution in [0.3, 0.4) is 0 Å². The Morgan fingerprint density at radius 2 is 2.28 bits per heavy atom. The van der Waals surface area contributed by atoms with Crippen LogP contribution in [0.5, 0.6) is 5.75 Å². The van der Waals surface area contributed by atoms with Gasteiger partial charge in [0.05, 0.1) is 10.8 Å². The van der Waals surface area contributed by atoms with E-state index in [2.05, 4.69) is 9.73 Å². The maximum atomic E-state index is 12.1. The van der Waals surface area contributed by atoms with Crippen LogP contribution in [0.1, 0.15) is 0 Å². The van der Waals surface area contributed by atoms with E-state index in [-0.39, 0.29) is 28.8 Å². The number of amidine groups is 1. The number of alkyl halides is 3. The second-order valence-electron chi connectivity index (χ2n) is 3.02. The van der Waals surface area contributed by atoms with Gasteiger partial charge in [-0.2, -0.15) is 8.78 Å². The molecule has 1 aromatic carbocycles. The third-order valence-corrected chi connectivity index (χ3v) is 2.04. The summed E-state index contributed by atoms with van der Waals surface area (Å²) in [4.78, 5) is 13.5. The average Bonchev–Trinajstić information content (AvgIpc) is 2.30. The summed E-state index contributed by atoms with van der Waals surface area (Å²) in [7, 11) is 0. The van der Waals surface area contributed by atoms with Gasteiger partial charge in [0.25, 0.3) is 5.69 Å². The third kappa shape index (κ3) is 3.81. The van der Waals surface area contributed by atoms with Gasteiger partial charge in [0, 0.05) is 12.1 Å². The highest BCUT2D eigenvalue weighted by molar-refractivity contribution is 6.28. The predicted molar refractivity (Wildman–Crippen MR) is 61.7 cm³/mol. The molecule has 0 heterocycles.